The van der Waals surface area contributed by atoms with Gasteiger partial charge in [0.15, 0.2) is 5.17 Å². The summed E-state index contributed by atoms with van der Waals surface area (Å²) in [6.07, 6.45) is 1.75. The molecule has 1 aliphatic heterocycles. The molecule has 0 unspecified atom stereocenters. The SMILES string of the molecule is Cc1ccc(N=C2S/C(=C\c3ccc(C(=O)O)cc3)C(=O)N2C)cc1C. The van der Waals surface area contributed by atoms with Gasteiger partial charge in [-0.25, -0.2) is 9.79 Å². The van der Waals surface area contributed by atoms with Crippen molar-refractivity contribution in [2.24, 2.45) is 4.99 Å². The molecule has 1 fully saturated rings. The Kier molecular flexibility index (Phi) is 4.95. The van der Waals surface area contributed by atoms with Gasteiger partial charge >= 0.3 is 5.97 Å². The van der Waals surface area contributed by atoms with Crippen molar-refractivity contribution in [3.8, 4) is 0 Å². The number of carboxylic acid groups (broad SMARTS) is 1. The molecule has 3 rings (SSSR count). The molecule has 0 spiro atoms. The van der Waals surface area contributed by atoms with Crippen LogP contribution < -0.4 is 0 Å². The highest BCUT2D eigenvalue weighted by molar-refractivity contribution is 8.18. The highest BCUT2D eigenvalue weighted by atomic mass is 32.2. The number of carbonyl (C=O) groups is 2. The van der Waals surface area contributed by atoms with Gasteiger partial charge in [0.05, 0.1) is 16.2 Å². The molecule has 26 heavy (non-hydrogen) atoms. The first-order valence-electron chi connectivity index (χ1n) is 8.02. The van der Waals surface area contributed by atoms with Crippen LogP contribution in [0.15, 0.2) is 52.4 Å². The van der Waals surface area contributed by atoms with Crippen molar-refractivity contribution >= 4 is 40.6 Å². The number of likely N-dealkylation sites (N-methyl/N-ethyl adjacent to an activating group) is 1. The number of thioether (sulfide) groups is 1. The zero-order valence-corrected chi connectivity index (χ0v) is 15.5. The fraction of sp³-hybridized carbons (Fsp3) is 0.150. The molecule has 0 bridgehead atoms. The van der Waals surface area contributed by atoms with Gasteiger partial charge in [-0.2, -0.15) is 0 Å². The number of carbonyl (C=O) groups excluding carboxylic acids is 1. The largest absolute Gasteiger partial charge is 0.478 e. The number of aryl methyl sites for hydroxylation is 2. The molecule has 2 aromatic carbocycles. The standard InChI is InChI=1S/C20H18N2O3S/c1-12-4-9-16(10-13(12)2)21-20-22(3)18(23)17(26-20)11-14-5-7-15(8-6-14)19(24)25/h4-11H,1-3H3,(H,24,25)/b17-11-,21-20?. The number of hydrogen-bond acceptors (Lipinski definition) is 4. The minimum atomic E-state index is -0.974. The van der Waals surface area contributed by atoms with Crippen molar-refractivity contribution in [3.05, 3.63) is 69.6 Å². The number of aromatic carboxylic acids is 1. The van der Waals surface area contributed by atoms with E-state index in [0.717, 1.165) is 16.8 Å². The molecule has 1 saturated heterocycles. The molecule has 0 atom stereocenters. The summed E-state index contributed by atoms with van der Waals surface area (Å²) in [6.45, 7) is 4.07. The number of rotatable bonds is 3. The van der Waals surface area contributed by atoms with E-state index in [4.69, 9.17) is 5.11 Å². The molecular weight excluding hydrogens is 348 g/mol. The Morgan fingerprint density at radius 2 is 1.81 bits per heavy atom. The van der Waals surface area contributed by atoms with Gasteiger partial charge in [-0.1, -0.05) is 18.2 Å². The van der Waals surface area contributed by atoms with Gasteiger partial charge in [-0.05, 0) is 72.6 Å². The Labute approximate surface area is 156 Å². The van der Waals surface area contributed by atoms with Gasteiger partial charge in [0.2, 0.25) is 0 Å². The number of benzene rings is 2. The minimum absolute atomic E-state index is 0.125. The van der Waals surface area contributed by atoms with Crippen molar-refractivity contribution in [1.82, 2.24) is 4.90 Å². The number of nitrogens with zero attached hydrogens (tertiary/aromatic N) is 2. The second-order valence-electron chi connectivity index (χ2n) is 6.06. The van der Waals surface area contributed by atoms with E-state index in [1.54, 1.807) is 25.3 Å². The van der Waals surface area contributed by atoms with E-state index >= 15 is 0 Å². The van der Waals surface area contributed by atoms with E-state index < -0.39 is 5.97 Å². The van der Waals surface area contributed by atoms with Crippen LogP contribution in [0.25, 0.3) is 6.08 Å². The van der Waals surface area contributed by atoms with Crippen LogP contribution in [-0.4, -0.2) is 34.1 Å². The van der Waals surface area contributed by atoms with Crippen LogP contribution in [-0.2, 0) is 4.79 Å². The van der Waals surface area contributed by atoms with Gasteiger partial charge in [0.1, 0.15) is 0 Å². The molecule has 1 aliphatic rings. The lowest BCUT2D eigenvalue weighted by atomic mass is 10.1. The highest BCUT2D eigenvalue weighted by Gasteiger charge is 2.30. The topological polar surface area (TPSA) is 70.0 Å². The predicted octanol–water partition coefficient (Wildman–Crippen LogP) is 4.24. The van der Waals surface area contributed by atoms with E-state index in [1.807, 2.05) is 32.0 Å². The second kappa shape index (κ2) is 7.17. The van der Waals surface area contributed by atoms with Crippen molar-refractivity contribution in [3.63, 3.8) is 0 Å². The monoisotopic (exact) mass is 366 g/mol. The zero-order valence-electron chi connectivity index (χ0n) is 14.7. The number of amides is 1. The minimum Gasteiger partial charge on any atom is -0.478 e. The normalized spacial score (nSPS) is 17.3. The maximum absolute atomic E-state index is 12.5. The quantitative estimate of drug-likeness (QED) is 0.825. The third-order valence-electron chi connectivity index (χ3n) is 4.17. The van der Waals surface area contributed by atoms with Crippen molar-refractivity contribution in [2.75, 3.05) is 7.05 Å². The molecule has 5 nitrogen and oxygen atoms in total. The van der Waals surface area contributed by atoms with Gasteiger partial charge in [0.25, 0.3) is 5.91 Å². The van der Waals surface area contributed by atoms with Crippen LogP contribution in [0.2, 0.25) is 0 Å². The van der Waals surface area contributed by atoms with Crippen LogP contribution in [0.1, 0.15) is 27.0 Å². The predicted molar refractivity (Wildman–Crippen MR) is 105 cm³/mol. The fourth-order valence-electron chi connectivity index (χ4n) is 2.43. The maximum Gasteiger partial charge on any atom is 0.335 e. The number of hydrogen-bond donors (Lipinski definition) is 1. The molecule has 0 aromatic heterocycles. The lowest BCUT2D eigenvalue weighted by Gasteiger charge is -2.08. The first-order valence-corrected chi connectivity index (χ1v) is 8.83. The van der Waals surface area contributed by atoms with Crippen molar-refractivity contribution in [2.45, 2.75) is 13.8 Å². The summed E-state index contributed by atoms with van der Waals surface area (Å²) >= 11 is 1.31. The van der Waals surface area contributed by atoms with E-state index in [1.165, 1.54) is 34.4 Å². The highest BCUT2D eigenvalue weighted by Crippen LogP contribution is 2.33. The maximum atomic E-state index is 12.5. The Bertz CT molecular complexity index is 946. The first kappa shape index (κ1) is 17.9. The van der Waals surface area contributed by atoms with Crippen LogP contribution in [0, 0.1) is 13.8 Å². The average Bonchev–Trinajstić information content (AvgIpc) is 2.87. The molecule has 0 radical (unpaired) electrons. The summed E-state index contributed by atoms with van der Waals surface area (Å²) in [5.41, 5.74) is 4.14. The third-order valence-corrected chi connectivity index (χ3v) is 5.23. The van der Waals surface area contributed by atoms with E-state index in [-0.39, 0.29) is 11.5 Å². The summed E-state index contributed by atoms with van der Waals surface area (Å²) < 4.78 is 0. The summed E-state index contributed by atoms with van der Waals surface area (Å²) in [5, 5.41) is 9.57. The molecule has 132 valence electrons. The first-order chi connectivity index (χ1) is 12.3. The second-order valence-corrected chi connectivity index (χ2v) is 7.07. The molecule has 0 saturated carbocycles. The Hall–Kier alpha value is -2.86. The molecule has 1 heterocycles. The molecular formula is C20H18N2O3S. The van der Waals surface area contributed by atoms with Crippen LogP contribution in [0.4, 0.5) is 5.69 Å². The molecule has 2 aromatic rings. The Balaban J connectivity index is 1.87. The number of aliphatic imine (C=N–C) groups is 1. The third kappa shape index (κ3) is 3.70. The van der Waals surface area contributed by atoms with E-state index in [9.17, 15) is 9.59 Å². The van der Waals surface area contributed by atoms with E-state index in [2.05, 4.69) is 4.99 Å². The lowest BCUT2D eigenvalue weighted by Crippen LogP contribution is -2.23. The summed E-state index contributed by atoms with van der Waals surface area (Å²) in [5.74, 6) is -1.10. The van der Waals surface area contributed by atoms with Crippen LogP contribution in [0.5, 0.6) is 0 Å². The summed E-state index contributed by atoms with van der Waals surface area (Å²) in [6, 6.07) is 12.3. The van der Waals surface area contributed by atoms with Gasteiger partial charge in [0, 0.05) is 7.05 Å². The van der Waals surface area contributed by atoms with Gasteiger partial charge in [-0.15, -0.1) is 0 Å². The van der Waals surface area contributed by atoms with Crippen LogP contribution in [0.3, 0.4) is 0 Å². The zero-order chi connectivity index (χ0) is 18.8. The molecule has 1 amide bonds. The van der Waals surface area contributed by atoms with E-state index in [0.29, 0.717) is 10.1 Å². The van der Waals surface area contributed by atoms with Gasteiger partial charge < -0.3 is 5.11 Å². The van der Waals surface area contributed by atoms with Gasteiger partial charge in [-0.3, -0.25) is 9.69 Å². The fourth-order valence-corrected chi connectivity index (χ4v) is 3.42. The van der Waals surface area contributed by atoms with Crippen LogP contribution >= 0.6 is 11.8 Å². The van der Waals surface area contributed by atoms with Crippen molar-refractivity contribution < 1.29 is 14.7 Å². The number of carboxylic acids is 1. The molecule has 0 aliphatic carbocycles. The smallest absolute Gasteiger partial charge is 0.335 e. The summed E-state index contributed by atoms with van der Waals surface area (Å²) in [7, 11) is 1.70. The lowest BCUT2D eigenvalue weighted by molar-refractivity contribution is -0.121. The Morgan fingerprint density at radius 3 is 2.42 bits per heavy atom. The number of amidine groups is 1. The Morgan fingerprint density at radius 1 is 1.12 bits per heavy atom. The van der Waals surface area contributed by atoms with Crippen molar-refractivity contribution in [1.29, 1.82) is 0 Å². The molecule has 6 heteroatoms. The summed E-state index contributed by atoms with van der Waals surface area (Å²) in [4.78, 5) is 30.1. The average molecular weight is 366 g/mol. The molecule has 1 N–H and O–H groups in total.